The molecule has 7 heteroatoms. The first-order chi connectivity index (χ1) is 11.0. The number of carboxylic acids is 1. The van der Waals surface area contributed by atoms with E-state index in [1.54, 1.807) is 25.1 Å². The summed E-state index contributed by atoms with van der Waals surface area (Å²) >= 11 is 0. The first-order valence-electron chi connectivity index (χ1n) is 6.89. The van der Waals surface area contributed by atoms with Crippen LogP contribution in [0.3, 0.4) is 0 Å². The third-order valence-electron chi connectivity index (χ3n) is 3.55. The van der Waals surface area contributed by atoms with Crippen LogP contribution >= 0.6 is 0 Å². The number of fused-ring (bicyclic) bond motifs is 1. The summed E-state index contributed by atoms with van der Waals surface area (Å²) in [6, 6.07) is 4.62. The van der Waals surface area contributed by atoms with Gasteiger partial charge in [-0.15, -0.1) is 0 Å². The number of rotatable bonds is 3. The van der Waals surface area contributed by atoms with E-state index in [1.165, 1.54) is 22.9 Å². The fourth-order valence-electron chi connectivity index (χ4n) is 2.62. The maximum absolute atomic E-state index is 12.0. The minimum absolute atomic E-state index is 0.451. The van der Waals surface area contributed by atoms with Gasteiger partial charge < -0.3 is 5.11 Å². The Hall–Kier alpha value is -3.22. The van der Waals surface area contributed by atoms with Crippen LogP contribution in [-0.4, -0.2) is 32.7 Å². The number of benzene rings is 1. The van der Waals surface area contributed by atoms with Crippen LogP contribution in [-0.2, 0) is 14.4 Å². The van der Waals surface area contributed by atoms with Crippen LogP contribution in [0.25, 0.3) is 17.0 Å². The van der Waals surface area contributed by atoms with Gasteiger partial charge in [0.2, 0.25) is 5.91 Å². The number of aliphatic carboxylic acids is 1. The highest BCUT2D eigenvalue weighted by atomic mass is 16.4. The van der Waals surface area contributed by atoms with Gasteiger partial charge in [-0.25, -0.2) is 9.48 Å². The number of carboxylic acid groups (broad SMARTS) is 1. The van der Waals surface area contributed by atoms with Crippen LogP contribution in [0, 0.1) is 6.92 Å². The van der Waals surface area contributed by atoms with Crippen molar-refractivity contribution in [2.45, 2.75) is 13.0 Å². The molecule has 0 saturated carbocycles. The van der Waals surface area contributed by atoms with Crippen molar-refractivity contribution < 1.29 is 19.5 Å². The Morgan fingerprint density at radius 1 is 1.39 bits per heavy atom. The monoisotopic (exact) mass is 311 g/mol. The Kier molecular flexibility index (Phi) is 3.53. The zero-order chi connectivity index (χ0) is 16.6. The SMILES string of the molecule is Cc1nn(C2C=CC(=O)NC2=O)c2cccc(/C=C/C(=O)O)c12. The molecular weight excluding hydrogens is 298 g/mol. The van der Waals surface area contributed by atoms with E-state index >= 15 is 0 Å². The first kappa shape index (κ1) is 14.7. The normalized spacial score (nSPS) is 17.9. The van der Waals surface area contributed by atoms with Gasteiger partial charge in [0.25, 0.3) is 5.91 Å². The number of amides is 2. The molecule has 0 bridgehead atoms. The molecule has 1 aliphatic rings. The molecule has 23 heavy (non-hydrogen) atoms. The second-order valence-corrected chi connectivity index (χ2v) is 5.10. The zero-order valence-electron chi connectivity index (χ0n) is 12.2. The summed E-state index contributed by atoms with van der Waals surface area (Å²) in [6.07, 6.45) is 5.33. The van der Waals surface area contributed by atoms with Crippen LogP contribution in [0.5, 0.6) is 0 Å². The van der Waals surface area contributed by atoms with Crippen LogP contribution in [0.2, 0.25) is 0 Å². The van der Waals surface area contributed by atoms with E-state index in [1.807, 2.05) is 0 Å². The van der Waals surface area contributed by atoms with Crippen LogP contribution < -0.4 is 5.32 Å². The summed E-state index contributed by atoms with van der Waals surface area (Å²) in [7, 11) is 0. The Morgan fingerprint density at radius 3 is 2.87 bits per heavy atom. The topological polar surface area (TPSA) is 101 Å². The number of hydrogen-bond donors (Lipinski definition) is 2. The first-order valence-corrected chi connectivity index (χ1v) is 6.89. The molecule has 116 valence electrons. The summed E-state index contributed by atoms with van der Waals surface area (Å²) in [4.78, 5) is 33.9. The van der Waals surface area contributed by atoms with Crippen molar-refractivity contribution >= 4 is 34.8 Å². The third kappa shape index (κ3) is 2.64. The maximum Gasteiger partial charge on any atom is 0.328 e. The van der Waals surface area contributed by atoms with E-state index in [4.69, 9.17) is 5.11 Å². The molecule has 3 rings (SSSR count). The van der Waals surface area contributed by atoms with Gasteiger partial charge in [0, 0.05) is 17.5 Å². The lowest BCUT2D eigenvalue weighted by Crippen LogP contribution is -2.38. The van der Waals surface area contributed by atoms with E-state index in [0.29, 0.717) is 16.8 Å². The molecule has 0 spiro atoms. The highest BCUT2D eigenvalue weighted by Crippen LogP contribution is 2.27. The van der Waals surface area contributed by atoms with Gasteiger partial charge in [0.05, 0.1) is 11.2 Å². The Morgan fingerprint density at radius 2 is 2.17 bits per heavy atom. The van der Waals surface area contributed by atoms with Crippen LogP contribution in [0.4, 0.5) is 0 Å². The molecule has 1 aromatic carbocycles. The van der Waals surface area contributed by atoms with Crippen molar-refractivity contribution in [2.75, 3.05) is 0 Å². The van der Waals surface area contributed by atoms with Gasteiger partial charge in [0.15, 0.2) is 0 Å². The molecule has 2 heterocycles. The molecule has 0 saturated heterocycles. The average molecular weight is 311 g/mol. The number of nitrogens with one attached hydrogen (secondary N) is 1. The van der Waals surface area contributed by atoms with Crippen molar-refractivity contribution in [3.63, 3.8) is 0 Å². The minimum Gasteiger partial charge on any atom is -0.478 e. The molecular formula is C16H13N3O4. The van der Waals surface area contributed by atoms with E-state index in [2.05, 4.69) is 10.4 Å². The fraction of sp³-hybridized carbons (Fsp3) is 0.125. The van der Waals surface area contributed by atoms with Crippen molar-refractivity contribution in [3.8, 4) is 0 Å². The highest BCUT2D eigenvalue weighted by molar-refractivity contribution is 6.06. The van der Waals surface area contributed by atoms with E-state index < -0.39 is 23.8 Å². The highest BCUT2D eigenvalue weighted by Gasteiger charge is 2.26. The summed E-state index contributed by atoms with van der Waals surface area (Å²) in [6.45, 7) is 1.78. The standard InChI is InChI=1S/C16H13N3O4/c1-9-15-10(5-8-14(21)22)3-2-4-11(15)19(18-9)12-6-7-13(20)17-16(12)23/h2-8,12H,1H3,(H,21,22)(H,17,20,23)/b8-5+. The average Bonchev–Trinajstić information content (AvgIpc) is 2.83. The number of aromatic nitrogens is 2. The van der Waals surface area contributed by atoms with Crippen LogP contribution in [0.15, 0.2) is 36.4 Å². The predicted molar refractivity (Wildman–Crippen MR) is 82.5 cm³/mol. The number of nitrogens with zero attached hydrogens (tertiary/aromatic N) is 2. The van der Waals surface area contributed by atoms with Crippen molar-refractivity contribution in [3.05, 3.63) is 47.7 Å². The largest absolute Gasteiger partial charge is 0.478 e. The maximum atomic E-state index is 12.0. The van der Waals surface area contributed by atoms with Gasteiger partial charge in [-0.05, 0) is 30.7 Å². The molecule has 0 fully saturated rings. The molecule has 1 aromatic heterocycles. The van der Waals surface area contributed by atoms with Gasteiger partial charge in [-0.2, -0.15) is 5.10 Å². The minimum atomic E-state index is -1.04. The lowest BCUT2D eigenvalue weighted by molar-refractivity contribution is -0.132. The molecule has 7 nitrogen and oxygen atoms in total. The Bertz CT molecular complexity index is 892. The van der Waals surface area contributed by atoms with E-state index in [-0.39, 0.29) is 0 Å². The molecule has 0 radical (unpaired) electrons. The van der Waals surface area contributed by atoms with Crippen LogP contribution in [0.1, 0.15) is 17.3 Å². The third-order valence-corrected chi connectivity index (χ3v) is 3.55. The summed E-state index contributed by atoms with van der Waals surface area (Å²) in [5.74, 6) is -1.95. The predicted octanol–water partition coefficient (Wildman–Crippen LogP) is 1.20. The quantitative estimate of drug-likeness (QED) is 0.655. The fourth-order valence-corrected chi connectivity index (χ4v) is 2.62. The molecule has 1 atom stereocenters. The second-order valence-electron chi connectivity index (χ2n) is 5.10. The van der Waals surface area contributed by atoms with Gasteiger partial charge in [-0.3, -0.25) is 14.9 Å². The number of carbonyl (C=O) groups excluding carboxylic acids is 2. The molecule has 1 aliphatic heterocycles. The Balaban J connectivity index is 2.16. The number of carbonyl (C=O) groups is 3. The van der Waals surface area contributed by atoms with Crippen molar-refractivity contribution in [1.29, 1.82) is 0 Å². The van der Waals surface area contributed by atoms with Crippen molar-refractivity contribution in [2.24, 2.45) is 0 Å². The molecule has 1 unspecified atom stereocenters. The van der Waals surface area contributed by atoms with E-state index in [0.717, 1.165) is 11.5 Å². The van der Waals surface area contributed by atoms with Gasteiger partial charge in [0.1, 0.15) is 6.04 Å². The molecule has 2 aromatic rings. The summed E-state index contributed by atoms with van der Waals surface area (Å²) in [5, 5.41) is 16.2. The lowest BCUT2D eigenvalue weighted by atomic mass is 10.1. The molecule has 2 amide bonds. The van der Waals surface area contributed by atoms with Gasteiger partial charge >= 0.3 is 5.97 Å². The zero-order valence-corrected chi connectivity index (χ0v) is 12.2. The Labute approximate surface area is 130 Å². The summed E-state index contributed by atoms with van der Waals surface area (Å²) in [5.41, 5.74) is 2.06. The second kappa shape index (κ2) is 5.53. The number of aryl methyl sites for hydroxylation is 1. The van der Waals surface area contributed by atoms with Crippen molar-refractivity contribution in [1.82, 2.24) is 15.1 Å². The number of imide groups is 1. The smallest absolute Gasteiger partial charge is 0.328 e. The van der Waals surface area contributed by atoms with Gasteiger partial charge in [-0.1, -0.05) is 12.1 Å². The molecule has 2 N–H and O–H groups in total. The van der Waals surface area contributed by atoms with E-state index in [9.17, 15) is 14.4 Å². The number of hydrogen-bond acceptors (Lipinski definition) is 4. The lowest BCUT2D eigenvalue weighted by Gasteiger charge is -2.17. The molecule has 0 aliphatic carbocycles. The summed E-state index contributed by atoms with van der Waals surface area (Å²) < 4.78 is 1.53.